The largest absolute Gasteiger partial charge is 0.294 e. The van der Waals surface area contributed by atoms with Gasteiger partial charge in [0.1, 0.15) is 5.82 Å². The molecule has 0 unspecified atom stereocenters. The van der Waals surface area contributed by atoms with Crippen LogP contribution in [0.3, 0.4) is 0 Å². The zero-order chi connectivity index (χ0) is 12.3. The highest BCUT2D eigenvalue weighted by Gasteiger charge is 2.09. The van der Waals surface area contributed by atoms with Crippen molar-refractivity contribution in [1.82, 2.24) is 0 Å². The van der Waals surface area contributed by atoms with Gasteiger partial charge in [0.15, 0.2) is 5.78 Å². The highest BCUT2D eigenvalue weighted by molar-refractivity contribution is 5.97. The molecule has 0 saturated carbocycles. The Labute approximate surface area is 99.9 Å². The molecule has 0 aliphatic carbocycles. The van der Waals surface area contributed by atoms with E-state index in [1.807, 2.05) is 25.1 Å². The van der Waals surface area contributed by atoms with Crippen molar-refractivity contribution in [3.63, 3.8) is 0 Å². The van der Waals surface area contributed by atoms with Gasteiger partial charge >= 0.3 is 0 Å². The smallest absolute Gasteiger partial charge is 0.167 e. The third-order valence-electron chi connectivity index (χ3n) is 2.76. The van der Waals surface area contributed by atoms with Crippen LogP contribution < -0.4 is 0 Å². The number of ketones is 1. The first-order valence-corrected chi connectivity index (χ1v) is 5.50. The number of hydrogen-bond acceptors (Lipinski definition) is 1. The van der Waals surface area contributed by atoms with E-state index in [-0.39, 0.29) is 18.0 Å². The van der Waals surface area contributed by atoms with E-state index in [1.54, 1.807) is 18.2 Å². The minimum Gasteiger partial charge on any atom is -0.294 e. The van der Waals surface area contributed by atoms with E-state index < -0.39 is 0 Å². The Morgan fingerprint density at radius 2 is 1.82 bits per heavy atom. The zero-order valence-electron chi connectivity index (χ0n) is 9.61. The van der Waals surface area contributed by atoms with Crippen LogP contribution in [-0.2, 0) is 6.42 Å². The van der Waals surface area contributed by atoms with Gasteiger partial charge in [-0.3, -0.25) is 4.79 Å². The van der Waals surface area contributed by atoms with Gasteiger partial charge in [-0.25, -0.2) is 4.39 Å². The van der Waals surface area contributed by atoms with Crippen molar-refractivity contribution < 1.29 is 9.18 Å². The molecule has 0 atom stereocenters. The molecule has 1 nitrogen and oxygen atoms in total. The van der Waals surface area contributed by atoms with Gasteiger partial charge in [0, 0.05) is 12.0 Å². The molecular weight excluding hydrogens is 215 g/mol. The van der Waals surface area contributed by atoms with Crippen molar-refractivity contribution in [2.24, 2.45) is 0 Å². The molecule has 0 amide bonds. The van der Waals surface area contributed by atoms with Crippen molar-refractivity contribution in [3.8, 4) is 0 Å². The highest BCUT2D eigenvalue weighted by atomic mass is 19.1. The maximum absolute atomic E-state index is 13.1. The molecule has 86 valence electrons. The lowest BCUT2D eigenvalue weighted by atomic mass is 9.99. The summed E-state index contributed by atoms with van der Waals surface area (Å²) < 4.78 is 13.1. The first-order chi connectivity index (χ1) is 8.16. The molecule has 2 rings (SSSR count). The molecule has 0 aliphatic heterocycles. The van der Waals surface area contributed by atoms with E-state index in [2.05, 4.69) is 0 Å². The molecule has 2 aromatic carbocycles. The van der Waals surface area contributed by atoms with Crippen LogP contribution in [0.1, 0.15) is 21.5 Å². The Hall–Kier alpha value is -1.96. The zero-order valence-corrected chi connectivity index (χ0v) is 9.61. The topological polar surface area (TPSA) is 17.1 Å². The van der Waals surface area contributed by atoms with Gasteiger partial charge in [0.2, 0.25) is 0 Å². The maximum Gasteiger partial charge on any atom is 0.167 e. The van der Waals surface area contributed by atoms with Gasteiger partial charge in [-0.1, -0.05) is 36.4 Å². The fraction of sp³-hybridized carbons (Fsp3) is 0.133. The Morgan fingerprint density at radius 3 is 2.53 bits per heavy atom. The normalized spacial score (nSPS) is 10.2. The van der Waals surface area contributed by atoms with E-state index in [1.165, 1.54) is 12.1 Å². The summed E-state index contributed by atoms with van der Waals surface area (Å²) in [7, 11) is 0. The monoisotopic (exact) mass is 228 g/mol. The molecule has 0 aliphatic rings. The second kappa shape index (κ2) is 4.91. The molecular formula is C15H13FO. The van der Waals surface area contributed by atoms with E-state index >= 15 is 0 Å². The number of halogens is 1. The molecule has 0 heterocycles. The van der Waals surface area contributed by atoms with E-state index in [9.17, 15) is 9.18 Å². The minimum atomic E-state index is -0.300. The number of rotatable bonds is 3. The lowest BCUT2D eigenvalue weighted by Gasteiger charge is -2.05. The molecule has 0 bridgehead atoms. The van der Waals surface area contributed by atoms with Gasteiger partial charge in [0.05, 0.1) is 0 Å². The Morgan fingerprint density at radius 1 is 1.12 bits per heavy atom. The Balaban J connectivity index is 2.22. The summed E-state index contributed by atoms with van der Waals surface area (Å²) in [4.78, 5) is 12.0. The molecule has 0 saturated heterocycles. The van der Waals surface area contributed by atoms with Crippen LogP contribution in [0.15, 0.2) is 48.5 Å². The Kier molecular flexibility index (Phi) is 3.33. The summed E-state index contributed by atoms with van der Waals surface area (Å²) in [6.45, 7) is 1.88. The fourth-order valence-electron chi connectivity index (χ4n) is 1.73. The maximum atomic E-state index is 13.1. The molecule has 0 fully saturated rings. The molecule has 0 aromatic heterocycles. The second-order valence-corrected chi connectivity index (χ2v) is 4.04. The van der Waals surface area contributed by atoms with E-state index in [0.29, 0.717) is 5.56 Å². The number of hydrogen-bond donors (Lipinski definition) is 0. The second-order valence-electron chi connectivity index (χ2n) is 4.04. The standard InChI is InChI=1S/C15H13FO/c1-11-7-8-14(16)9-13(11)10-15(17)12-5-3-2-4-6-12/h2-9H,10H2,1H3. The number of aryl methyl sites for hydroxylation is 1. The van der Waals surface area contributed by atoms with Crippen molar-refractivity contribution in [2.45, 2.75) is 13.3 Å². The van der Waals surface area contributed by atoms with Crippen molar-refractivity contribution in [2.75, 3.05) is 0 Å². The van der Waals surface area contributed by atoms with Crippen LogP contribution in [0.4, 0.5) is 4.39 Å². The molecule has 0 spiro atoms. The highest BCUT2D eigenvalue weighted by Crippen LogP contribution is 2.13. The van der Waals surface area contributed by atoms with Crippen molar-refractivity contribution >= 4 is 5.78 Å². The third-order valence-corrected chi connectivity index (χ3v) is 2.76. The van der Waals surface area contributed by atoms with Crippen LogP contribution in [0.2, 0.25) is 0 Å². The molecule has 2 aromatic rings. The van der Waals surface area contributed by atoms with Crippen LogP contribution in [0, 0.1) is 12.7 Å². The SMILES string of the molecule is Cc1ccc(F)cc1CC(=O)c1ccccc1. The third kappa shape index (κ3) is 2.78. The average Bonchev–Trinajstić information content (AvgIpc) is 2.35. The molecule has 0 radical (unpaired) electrons. The number of Topliss-reactive ketones (excluding diaryl/α,β-unsaturated/α-hetero) is 1. The fourth-order valence-corrected chi connectivity index (χ4v) is 1.73. The van der Waals surface area contributed by atoms with Crippen LogP contribution in [0.25, 0.3) is 0 Å². The van der Waals surface area contributed by atoms with Gasteiger partial charge in [-0.2, -0.15) is 0 Å². The summed E-state index contributed by atoms with van der Waals surface area (Å²) in [5, 5.41) is 0. The lowest BCUT2D eigenvalue weighted by Crippen LogP contribution is -2.05. The van der Waals surface area contributed by atoms with E-state index in [0.717, 1.165) is 11.1 Å². The van der Waals surface area contributed by atoms with Crippen molar-refractivity contribution in [1.29, 1.82) is 0 Å². The summed E-state index contributed by atoms with van der Waals surface area (Å²) in [5.41, 5.74) is 2.35. The quantitative estimate of drug-likeness (QED) is 0.734. The predicted octanol–water partition coefficient (Wildman–Crippen LogP) is 3.56. The number of carbonyl (C=O) groups excluding carboxylic acids is 1. The Bertz CT molecular complexity index is 532. The number of benzene rings is 2. The summed E-state index contributed by atoms with van der Waals surface area (Å²) >= 11 is 0. The summed E-state index contributed by atoms with van der Waals surface area (Å²) in [6.07, 6.45) is 0.244. The average molecular weight is 228 g/mol. The van der Waals surface area contributed by atoms with E-state index in [4.69, 9.17) is 0 Å². The van der Waals surface area contributed by atoms with Crippen LogP contribution >= 0.6 is 0 Å². The van der Waals surface area contributed by atoms with Crippen molar-refractivity contribution in [3.05, 3.63) is 71.0 Å². The molecule has 2 heteroatoms. The number of carbonyl (C=O) groups is 1. The van der Waals surface area contributed by atoms with Crippen LogP contribution in [0.5, 0.6) is 0 Å². The van der Waals surface area contributed by atoms with Gasteiger partial charge in [0.25, 0.3) is 0 Å². The van der Waals surface area contributed by atoms with Gasteiger partial charge in [-0.05, 0) is 30.2 Å². The summed E-state index contributed by atoms with van der Waals surface area (Å²) in [5.74, 6) is -0.286. The van der Waals surface area contributed by atoms with Gasteiger partial charge in [-0.15, -0.1) is 0 Å². The predicted molar refractivity (Wildman–Crippen MR) is 65.6 cm³/mol. The first-order valence-electron chi connectivity index (χ1n) is 5.50. The molecule has 17 heavy (non-hydrogen) atoms. The minimum absolute atomic E-state index is 0.0132. The van der Waals surface area contributed by atoms with Gasteiger partial charge < -0.3 is 0 Å². The lowest BCUT2D eigenvalue weighted by molar-refractivity contribution is 0.0992. The first kappa shape index (κ1) is 11.5. The summed E-state index contributed by atoms with van der Waals surface area (Å²) in [6, 6.07) is 13.6. The van der Waals surface area contributed by atoms with Crippen LogP contribution in [-0.4, -0.2) is 5.78 Å². The molecule has 0 N–H and O–H groups in total.